The number of hydrogen-bond donors (Lipinski definition) is 2. The molecule has 1 aliphatic rings. The molecule has 7 heteroatoms. The fourth-order valence-corrected chi connectivity index (χ4v) is 3.21. The monoisotopic (exact) mass is 379 g/mol. The molecular formula is C19H26ClN3O3. The Morgan fingerprint density at radius 2 is 1.85 bits per heavy atom. The molecular weight excluding hydrogens is 354 g/mol. The summed E-state index contributed by atoms with van der Waals surface area (Å²) in [4.78, 5) is 11.9. The van der Waals surface area contributed by atoms with Gasteiger partial charge in [-0.2, -0.15) is 5.26 Å². The first-order chi connectivity index (χ1) is 12.2. The molecule has 0 radical (unpaired) electrons. The zero-order valence-electron chi connectivity index (χ0n) is 15.7. The van der Waals surface area contributed by atoms with Gasteiger partial charge in [0, 0.05) is 18.2 Å². The highest BCUT2D eigenvalue weighted by molar-refractivity contribution is 6.33. The summed E-state index contributed by atoms with van der Waals surface area (Å²) in [7, 11) is 1.53. The zero-order chi connectivity index (χ0) is 19.3. The molecule has 1 aromatic rings. The molecule has 1 amide bonds. The number of nitrogens with zero attached hydrogens (tertiary/aromatic N) is 1. The highest BCUT2D eigenvalue weighted by Crippen LogP contribution is 2.32. The van der Waals surface area contributed by atoms with Gasteiger partial charge >= 0.3 is 6.09 Å². The topological polar surface area (TPSA) is 83.4 Å². The van der Waals surface area contributed by atoms with Crippen molar-refractivity contribution in [1.82, 2.24) is 5.32 Å². The highest BCUT2D eigenvalue weighted by Gasteiger charge is 2.25. The van der Waals surface area contributed by atoms with Crippen molar-refractivity contribution in [2.75, 3.05) is 12.4 Å². The Kier molecular flexibility index (Phi) is 6.60. The first kappa shape index (κ1) is 20.2. The number of nitriles is 1. The van der Waals surface area contributed by atoms with Gasteiger partial charge in [0.1, 0.15) is 17.4 Å². The van der Waals surface area contributed by atoms with E-state index in [0.717, 1.165) is 31.4 Å². The van der Waals surface area contributed by atoms with Crippen LogP contribution in [0.15, 0.2) is 12.1 Å². The van der Waals surface area contributed by atoms with Crippen molar-refractivity contribution in [2.45, 2.75) is 64.1 Å². The third kappa shape index (κ3) is 5.70. The molecule has 1 aromatic carbocycles. The van der Waals surface area contributed by atoms with Gasteiger partial charge in [-0.05, 0) is 52.5 Å². The van der Waals surface area contributed by atoms with Crippen LogP contribution in [-0.4, -0.2) is 30.9 Å². The van der Waals surface area contributed by atoms with Crippen LogP contribution in [0.1, 0.15) is 52.0 Å². The number of carbonyl (C=O) groups excluding carboxylic acids is 1. The average molecular weight is 380 g/mol. The number of methoxy groups -OCH3 is 1. The minimum Gasteiger partial charge on any atom is -0.495 e. The van der Waals surface area contributed by atoms with Crippen molar-refractivity contribution < 1.29 is 14.3 Å². The van der Waals surface area contributed by atoms with Crippen LogP contribution < -0.4 is 15.4 Å². The first-order valence-electron chi connectivity index (χ1n) is 8.75. The molecule has 142 valence electrons. The van der Waals surface area contributed by atoms with E-state index < -0.39 is 5.60 Å². The quantitative estimate of drug-likeness (QED) is 0.806. The molecule has 1 aliphatic carbocycles. The summed E-state index contributed by atoms with van der Waals surface area (Å²) < 4.78 is 10.5. The van der Waals surface area contributed by atoms with Crippen LogP contribution in [0.3, 0.4) is 0 Å². The normalized spacial score (nSPS) is 20.0. The largest absolute Gasteiger partial charge is 0.495 e. The molecule has 0 atom stereocenters. The lowest BCUT2D eigenvalue weighted by atomic mass is 9.91. The van der Waals surface area contributed by atoms with Gasteiger partial charge in [-0.15, -0.1) is 0 Å². The summed E-state index contributed by atoms with van der Waals surface area (Å²) in [5, 5.41) is 16.0. The molecule has 0 saturated heterocycles. The number of ether oxygens (including phenoxy) is 2. The summed E-state index contributed by atoms with van der Waals surface area (Å²) in [6.07, 6.45) is 3.16. The van der Waals surface area contributed by atoms with Crippen LogP contribution in [0.25, 0.3) is 0 Å². The first-order valence-corrected chi connectivity index (χ1v) is 9.13. The van der Waals surface area contributed by atoms with E-state index in [1.165, 1.54) is 7.11 Å². The summed E-state index contributed by atoms with van der Waals surface area (Å²) in [6, 6.07) is 5.81. The third-order valence-corrected chi connectivity index (χ3v) is 4.53. The summed E-state index contributed by atoms with van der Waals surface area (Å²) in [5.41, 5.74) is 0.674. The van der Waals surface area contributed by atoms with Crippen LogP contribution in [0.4, 0.5) is 10.5 Å². The van der Waals surface area contributed by atoms with Gasteiger partial charge in [-0.1, -0.05) is 11.6 Å². The van der Waals surface area contributed by atoms with Crippen molar-refractivity contribution in [1.29, 1.82) is 5.26 Å². The van der Waals surface area contributed by atoms with Crippen molar-refractivity contribution in [3.8, 4) is 11.8 Å². The second-order valence-corrected chi connectivity index (χ2v) is 7.89. The van der Waals surface area contributed by atoms with Crippen LogP contribution in [0, 0.1) is 11.3 Å². The molecule has 2 rings (SSSR count). The van der Waals surface area contributed by atoms with E-state index >= 15 is 0 Å². The van der Waals surface area contributed by atoms with Crippen molar-refractivity contribution >= 4 is 23.4 Å². The van der Waals surface area contributed by atoms with Crippen molar-refractivity contribution in [3.05, 3.63) is 22.7 Å². The van der Waals surface area contributed by atoms with Gasteiger partial charge in [0.15, 0.2) is 0 Å². The van der Waals surface area contributed by atoms with Crippen LogP contribution in [0.2, 0.25) is 5.02 Å². The van der Waals surface area contributed by atoms with E-state index in [9.17, 15) is 4.79 Å². The molecule has 0 unspecified atom stereocenters. The maximum Gasteiger partial charge on any atom is 0.407 e. The predicted octanol–water partition coefficient (Wildman–Crippen LogP) is 4.47. The van der Waals surface area contributed by atoms with E-state index in [0.29, 0.717) is 16.3 Å². The Morgan fingerprint density at radius 3 is 2.38 bits per heavy atom. The molecule has 0 aromatic heterocycles. The number of hydrogen-bond acceptors (Lipinski definition) is 5. The van der Waals surface area contributed by atoms with E-state index in [4.69, 9.17) is 26.3 Å². The lowest BCUT2D eigenvalue weighted by Crippen LogP contribution is -2.42. The zero-order valence-corrected chi connectivity index (χ0v) is 16.4. The number of carbonyl (C=O) groups is 1. The lowest BCUT2D eigenvalue weighted by molar-refractivity contribution is 0.0492. The number of alkyl carbamates (subject to hydrolysis) is 1. The van der Waals surface area contributed by atoms with Crippen LogP contribution >= 0.6 is 11.6 Å². The van der Waals surface area contributed by atoms with Gasteiger partial charge in [0.2, 0.25) is 0 Å². The number of nitrogens with one attached hydrogen (secondary N) is 2. The second-order valence-electron chi connectivity index (χ2n) is 7.48. The molecule has 1 fully saturated rings. The Labute approximate surface area is 159 Å². The summed E-state index contributed by atoms with van der Waals surface area (Å²) in [5.74, 6) is 0.500. The Hall–Kier alpha value is -2.13. The lowest BCUT2D eigenvalue weighted by Gasteiger charge is -2.31. The average Bonchev–Trinajstić information content (AvgIpc) is 2.56. The smallest absolute Gasteiger partial charge is 0.407 e. The minimum absolute atomic E-state index is 0.119. The molecule has 26 heavy (non-hydrogen) atoms. The highest BCUT2D eigenvalue weighted by atomic mass is 35.5. The standard InChI is InChI=1S/C19H26ClN3O3/c1-19(2,3)26-18(24)23-14-7-5-13(6-8-14)22-16-10-17(25-4)12(11-21)9-15(16)20/h9-10,13-14,22H,5-8H2,1-4H3,(H,23,24)/t13-,14+. The fraction of sp³-hybridized carbons (Fsp3) is 0.579. The predicted molar refractivity (Wildman–Crippen MR) is 102 cm³/mol. The third-order valence-electron chi connectivity index (χ3n) is 4.22. The molecule has 0 bridgehead atoms. The van der Waals surface area contributed by atoms with Gasteiger partial charge < -0.3 is 20.1 Å². The van der Waals surface area contributed by atoms with Crippen molar-refractivity contribution in [3.63, 3.8) is 0 Å². The Balaban J connectivity index is 1.89. The number of rotatable bonds is 4. The molecule has 1 saturated carbocycles. The Morgan fingerprint density at radius 1 is 1.23 bits per heavy atom. The van der Waals surface area contributed by atoms with Gasteiger partial charge in [0.05, 0.1) is 23.4 Å². The number of halogens is 1. The number of anilines is 1. The van der Waals surface area contributed by atoms with E-state index in [2.05, 4.69) is 16.7 Å². The van der Waals surface area contributed by atoms with Gasteiger partial charge in [-0.3, -0.25) is 0 Å². The molecule has 0 aliphatic heterocycles. The van der Waals surface area contributed by atoms with Crippen molar-refractivity contribution in [2.24, 2.45) is 0 Å². The Bertz CT molecular complexity index is 686. The SMILES string of the molecule is COc1cc(N[C@H]2CC[C@@H](NC(=O)OC(C)(C)C)CC2)c(Cl)cc1C#N. The van der Waals surface area contributed by atoms with E-state index in [-0.39, 0.29) is 18.2 Å². The fourth-order valence-electron chi connectivity index (χ4n) is 3.00. The number of amides is 1. The second kappa shape index (κ2) is 8.50. The molecule has 6 nitrogen and oxygen atoms in total. The van der Waals surface area contributed by atoms with Gasteiger partial charge in [-0.25, -0.2) is 4.79 Å². The molecule has 0 heterocycles. The van der Waals surface area contributed by atoms with Crippen LogP contribution in [0.5, 0.6) is 5.75 Å². The summed E-state index contributed by atoms with van der Waals surface area (Å²) in [6.45, 7) is 5.55. The van der Waals surface area contributed by atoms with Gasteiger partial charge in [0.25, 0.3) is 0 Å². The molecule has 2 N–H and O–H groups in total. The summed E-state index contributed by atoms with van der Waals surface area (Å²) >= 11 is 6.27. The van der Waals surface area contributed by atoms with Crippen LogP contribution in [-0.2, 0) is 4.74 Å². The number of benzene rings is 1. The maximum absolute atomic E-state index is 11.9. The minimum atomic E-state index is -0.492. The molecule has 0 spiro atoms. The maximum atomic E-state index is 11.9. The van der Waals surface area contributed by atoms with E-state index in [1.54, 1.807) is 12.1 Å². The van der Waals surface area contributed by atoms with E-state index in [1.807, 2.05) is 20.8 Å².